The molecule has 1 rings (SSSR count). The van der Waals surface area contributed by atoms with Crippen molar-refractivity contribution in [1.82, 2.24) is 4.57 Å². The van der Waals surface area contributed by atoms with E-state index >= 15 is 0 Å². The fraction of sp³-hybridized carbons (Fsp3) is 0.500. The van der Waals surface area contributed by atoms with E-state index in [1.54, 1.807) is 17.9 Å². The quantitative estimate of drug-likeness (QED) is 0.688. The molecule has 0 amide bonds. The Hall–Kier alpha value is -1.66. The molecule has 1 aromatic rings. The van der Waals surface area contributed by atoms with Gasteiger partial charge in [0.2, 0.25) is 0 Å². The van der Waals surface area contributed by atoms with E-state index in [9.17, 15) is 9.59 Å². The molecule has 1 N–H and O–H groups in total. The molecule has 1 aromatic heterocycles. The number of carboxylic acids is 1. The first-order valence-corrected chi connectivity index (χ1v) is 5.65. The maximum absolute atomic E-state index is 11.2. The van der Waals surface area contributed by atoms with Gasteiger partial charge in [0, 0.05) is 45.3 Å². The van der Waals surface area contributed by atoms with Gasteiger partial charge in [-0.3, -0.25) is 4.79 Å². The first-order valence-electron chi connectivity index (χ1n) is 5.65. The monoisotopic (exact) mass is 255 g/mol. The molecule has 0 aliphatic carbocycles. The fourth-order valence-corrected chi connectivity index (χ4v) is 1.40. The summed E-state index contributed by atoms with van der Waals surface area (Å²) in [4.78, 5) is 22.0. The van der Waals surface area contributed by atoms with Crippen LogP contribution in [0.3, 0.4) is 0 Å². The van der Waals surface area contributed by atoms with Gasteiger partial charge in [0.05, 0.1) is 6.61 Å². The van der Waals surface area contributed by atoms with Crippen LogP contribution >= 0.6 is 0 Å². The van der Waals surface area contributed by atoms with Crippen LogP contribution in [0.25, 0.3) is 0 Å². The number of carboxylic acid groups (broad SMARTS) is 1. The number of methoxy groups -OCH3 is 1. The summed E-state index contributed by atoms with van der Waals surface area (Å²) >= 11 is 0. The van der Waals surface area contributed by atoms with Gasteiger partial charge in [0.25, 0.3) is 0 Å². The Morgan fingerprint density at radius 3 is 2.83 bits per heavy atom. The number of hydrogen-bond acceptors (Lipinski definition) is 4. The third-order valence-corrected chi connectivity index (χ3v) is 2.34. The zero-order valence-corrected chi connectivity index (χ0v) is 10.3. The lowest BCUT2D eigenvalue weighted by Gasteiger charge is -2.08. The molecule has 0 spiro atoms. The fourth-order valence-electron chi connectivity index (χ4n) is 1.40. The highest BCUT2D eigenvalue weighted by Crippen LogP contribution is 1.94. The van der Waals surface area contributed by atoms with Crippen molar-refractivity contribution in [2.75, 3.05) is 26.9 Å². The highest BCUT2D eigenvalue weighted by molar-refractivity contribution is 5.86. The molecule has 6 nitrogen and oxygen atoms in total. The molecule has 0 radical (unpaired) electrons. The van der Waals surface area contributed by atoms with Crippen molar-refractivity contribution in [3.8, 4) is 0 Å². The van der Waals surface area contributed by atoms with Crippen molar-refractivity contribution >= 4 is 5.97 Å². The highest BCUT2D eigenvalue weighted by Gasteiger charge is 2.07. The SMILES string of the molecule is COCCCOCCn1ccc(=O)c(C(=O)O)c1. The number of rotatable bonds is 8. The third-order valence-electron chi connectivity index (χ3n) is 2.34. The lowest BCUT2D eigenvalue weighted by molar-refractivity contribution is 0.0693. The Bertz CT molecular complexity index is 440. The molecular formula is C12H17NO5. The van der Waals surface area contributed by atoms with Gasteiger partial charge in [0.15, 0.2) is 5.43 Å². The van der Waals surface area contributed by atoms with E-state index in [-0.39, 0.29) is 5.56 Å². The number of aromatic nitrogens is 1. The van der Waals surface area contributed by atoms with Crippen LogP contribution in [0.5, 0.6) is 0 Å². The Morgan fingerprint density at radius 1 is 1.39 bits per heavy atom. The van der Waals surface area contributed by atoms with E-state index in [0.29, 0.717) is 26.4 Å². The van der Waals surface area contributed by atoms with E-state index in [4.69, 9.17) is 14.6 Å². The smallest absolute Gasteiger partial charge is 0.341 e. The summed E-state index contributed by atoms with van der Waals surface area (Å²) in [5.74, 6) is -1.21. The van der Waals surface area contributed by atoms with Gasteiger partial charge < -0.3 is 19.1 Å². The Balaban J connectivity index is 2.41. The van der Waals surface area contributed by atoms with E-state index in [0.717, 1.165) is 6.42 Å². The minimum Gasteiger partial charge on any atom is -0.477 e. The number of carbonyl (C=O) groups is 1. The first-order chi connectivity index (χ1) is 8.65. The molecule has 0 aliphatic heterocycles. The van der Waals surface area contributed by atoms with Crippen molar-refractivity contribution in [2.45, 2.75) is 13.0 Å². The van der Waals surface area contributed by atoms with Gasteiger partial charge in [-0.25, -0.2) is 4.79 Å². The molecule has 6 heteroatoms. The van der Waals surface area contributed by atoms with E-state index in [1.165, 1.54) is 12.3 Å². The molecule has 0 fully saturated rings. The number of ether oxygens (including phenoxy) is 2. The van der Waals surface area contributed by atoms with Gasteiger partial charge in [-0.2, -0.15) is 0 Å². The maximum Gasteiger partial charge on any atom is 0.341 e. The van der Waals surface area contributed by atoms with Crippen LogP contribution in [0, 0.1) is 0 Å². The molecule has 0 unspecified atom stereocenters. The van der Waals surface area contributed by atoms with Crippen LogP contribution in [0.4, 0.5) is 0 Å². The molecule has 0 atom stereocenters. The van der Waals surface area contributed by atoms with Crippen LogP contribution in [-0.4, -0.2) is 42.6 Å². The topological polar surface area (TPSA) is 77.8 Å². The second kappa shape index (κ2) is 7.62. The summed E-state index contributed by atoms with van der Waals surface area (Å²) in [5.41, 5.74) is -0.711. The molecule has 0 aliphatic rings. The van der Waals surface area contributed by atoms with Crippen LogP contribution in [0.2, 0.25) is 0 Å². The van der Waals surface area contributed by atoms with E-state index in [2.05, 4.69) is 0 Å². The molecule has 100 valence electrons. The van der Waals surface area contributed by atoms with Gasteiger partial charge in [0.1, 0.15) is 5.56 Å². The van der Waals surface area contributed by atoms with Gasteiger partial charge in [-0.05, 0) is 6.42 Å². The van der Waals surface area contributed by atoms with Crippen molar-refractivity contribution in [1.29, 1.82) is 0 Å². The van der Waals surface area contributed by atoms with Gasteiger partial charge in [-0.15, -0.1) is 0 Å². The molecule has 0 aromatic carbocycles. The summed E-state index contributed by atoms with van der Waals surface area (Å²) in [5, 5.41) is 8.80. The summed E-state index contributed by atoms with van der Waals surface area (Å²) in [6.07, 6.45) is 3.69. The van der Waals surface area contributed by atoms with Gasteiger partial charge in [-0.1, -0.05) is 0 Å². The molecule has 0 saturated carbocycles. The van der Waals surface area contributed by atoms with E-state index < -0.39 is 11.4 Å². The van der Waals surface area contributed by atoms with Gasteiger partial charge >= 0.3 is 5.97 Å². The van der Waals surface area contributed by atoms with Crippen LogP contribution in [0.15, 0.2) is 23.3 Å². The predicted octanol–water partition coefficient (Wildman–Crippen LogP) is 0.600. The van der Waals surface area contributed by atoms with Crippen molar-refractivity contribution in [3.05, 3.63) is 34.2 Å². The Labute approximate surface area is 105 Å². The zero-order chi connectivity index (χ0) is 13.4. The molecule has 18 heavy (non-hydrogen) atoms. The first kappa shape index (κ1) is 14.4. The maximum atomic E-state index is 11.2. The lowest BCUT2D eigenvalue weighted by Crippen LogP contribution is -2.17. The number of nitrogens with zero attached hydrogens (tertiary/aromatic N) is 1. The standard InChI is InChI=1S/C12H17NO5/c1-17-6-2-7-18-8-5-13-4-3-11(14)10(9-13)12(15)16/h3-4,9H,2,5-8H2,1H3,(H,15,16). The number of pyridine rings is 1. The molecule has 0 bridgehead atoms. The minimum absolute atomic E-state index is 0.225. The summed E-state index contributed by atoms with van der Waals surface area (Å²) < 4.78 is 11.8. The molecule has 0 saturated heterocycles. The van der Waals surface area contributed by atoms with E-state index in [1.807, 2.05) is 0 Å². The lowest BCUT2D eigenvalue weighted by atomic mass is 10.3. The summed E-state index contributed by atoms with van der Waals surface area (Å²) in [6, 6.07) is 1.24. The van der Waals surface area contributed by atoms with Crippen LogP contribution in [-0.2, 0) is 16.0 Å². The minimum atomic E-state index is -1.21. The molecular weight excluding hydrogens is 238 g/mol. The summed E-state index contributed by atoms with van der Waals surface area (Å²) in [6.45, 7) is 2.22. The second-order valence-corrected chi connectivity index (χ2v) is 3.72. The average Bonchev–Trinajstić information content (AvgIpc) is 2.35. The third kappa shape index (κ3) is 4.68. The largest absolute Gasteiger partial charge is 0.477 e. The van der Waals surface area contributed by atoms with Crippen molar-refractivity contribution in [2.24, 2.45) is 0 Å². The average molecular weight is 255 g/mol. The summed E-state index contributed by atoms with van der Waals surface area (Å²) in [7, 11) is 1.63. The van der Waals surface area contributed by atoms with Crippen molar-refractivity contribution in [3.63, 3.8) is 0 Å². The Morgan fingerprint density at radius 2 is 2.17 bits per heavy atom. The number of aromatic carboxylic acids is 1. The predicted molar refractivity (Wildman–Crippen MR) is 65.0 cm³/mol. The second-order valence-electron chi connectivity index (χ2n) is 3.72. The highest BCUT2D eigenvalue weighted by atomic mass is 16.5. The molecule has 1 heterocycles. The van der Waals surface area contributed by atoms with Crippen LogP contribution < -0.4 is 5.43 Å². The zero-order valence-electron chi connectivity index (χ0n) is 10.3. The van der Waals surface area contributed by atoms with Crippen LogP contribution in [0.1, 0.15) is 16.8 Å². The number of hydrogen-bond donors (Lipinski definition) is 1. The Kier molecular flexibility index (Phi) is 6.10. The normalized spacial score (nSPS) is 10.5. The van der Waals surface area contributed by atoms with Crippen molar-refractivity contribution < 1.29 is 19.4 Å².